The molecule has 236 valence electrons. The number of ether oxygens (including phenoxy) is 1. The molecular weight excluding hydrogens is 611 g/mol. The summed E-state index contributed by atoms with van der Waals surface area (Å²) < 4.78 is 37.4. The summed E-state index contributed by atoms with van der Waals surface area (Å²) in [6.45, 7) is 9.35. The summed E-state index contributed by atoms with van der Waals surface area (Å²) in [5.41, 5.74) is -0.134. The van der Waals surface area contributed by atoms with Gasteiger partial charge >= 0.3 is 6.09 Å². The molecule has 15 heteroatoms. The third-order valence-electron chi connectivity index (χ3n) is 6.52. The van der Waals surface area contributed by atoms with Crippen LogP contribution in [0, 0.1) is 5.82 Å². The average molecular weight is 647 g/mol. The van der Waals surface area contributed by atoms with Gasteiger partial charge in [0.25, 0.3) is 0 Å². The van der Waals surface area contributed by atoms with E-state index in [-0.39, 0.29) is 32.9 Å². The van der Waals surface area contributed by atoms with Crippen molar-refractivity contribution >= 4 is 50.5 Å². The number of aromatic nitrogens is 3. The summed E-state index contributed by atoms with van der Waals surface area (Å²) in [7, 11) is -1.42. The number of piperazine rings is 1. The second kappa shape index (κ2) is 13.9. The lowest BCUT2D eigenvalue weighted by Crippen LogP contribution is -2.45. The number of hydrogen-bond acceptors (Lipinski definition) is 10. The zero-order valence-electron chi connectivity index (χ0n) is 25.3. The van der Waals surface area contributed by atoms with Crippen molar-refractivity contribution in [2.24, 2.45) is 4.36 Å². The van der Waals surface area contributed by atoms with Crippen LogP contribution in [-0.2, 0) is 19.3 Å². The highest BCUT2D eigenvalue weighted by atomic mass is 35.5. The van der Waals surface area contributed by atoms with Gasteiger partial charge in [-0.1, -0.05) is 11.6 Å². The summed E-state index contributed by atoms with van der Waals surface area (Å²) >= 11 is 6.09. The highest BCUT2D eigenvalue weighted by Crippen LogP contribution is 2.31. The first-order chi connectivity index (χ1) is 20.7. The first-order valence-corrected chi connectivity index (χ1v) is 16.2. The SMILES string of the molecule is CN1CCN(CCC(=O)Nc2cc(Nc3cc(-c4cc(Cl)ccc4F)nnc3S(C)(=O)=NC(=O)OC(C)(C)C)ccn2)CC1. The summed E-state index contributed by atoms with van der Waals surface area (Å²) in [6.07, 6.45) is 1.98. The third-order valence-corrected chi connectivity index (χ3v) is 8.27. The Morgan fingerprint density at radius 1 is 1.11 bits per heavy atom. The molecule has 2 aromatic heterocycles. The van der Waals surface area contributed by atoms with E-state index in [1.54, 1.807) is 32.9 Å². The van der Waals surface area contributed by atoms with E-state index in [4.69, 9.17) is 16.3 Å². The monoisotopic (exact) mass is 646 g/mol. The van der Waals surface area contributed by atoms with Gasteiger partial charge in [-0.3, -0.25) is 4.79 Å². The quantitative estimate of drug-likeness (QED) is 0.342. The van der Waals surface area contributed by atoms with Crippen LogP contribution in [0.3, 0.4) is 0 Å². The topological polar surface area (TPSA) is 142 Å². The predicted octanol–water partition coefficient (Wildman–Crippen LogP) is 5.04. The van der Waals surface area contributed by atoms with Crippen LogP contribution in [0.2, 0.25) is 5.02 Å². The largest absolute Gasteiger partial charge is 0.442 e. The Bertz CT molecular complexity index is 1650. The molecule has 1 aliphatic rings. The lowest BCUT2D eigenvalue weighted by molar-refractivity contribution is -0.116. The second-order valence-electron chi connectivity index (χ2n) is 11.4. The molecule has 1 saturated heterocycles. The van der Waals surface area contributed by atoms with Gasteiger partial charge in [0.05, 0.1) is 11.4 Å². The standard InChI is InChI=1S/C29H36ClFN8O4S/c1-29(2,3)43-28(41)37-44(5,42)27-24(18-23(35-36-27)21-16-19(30)6-7-22(21)31)33-20-8-10-32-25(17-20)34-26(40)9-11-39-14-12-38(4)13-15-39/h6-8,10,16-18H,9,11-15H2,1-5H3,(H2,32,33,34,35,40). The van der Waals surface area contributed by atoms with Gasteiger partial charge in [0.1, 0.15) is 27.0 Å². The molecule has 1 aromatic carbocycles. The van der Waals surface area contributed by atoms with Gasteiger partial charge < -0.3 is 25.2 Å². The molecule has 0 spiro atoms. The number of hydrogen-bond donors (Lipinski definition) is 2. The van der Waals surface area contributed by atoms with E-state index in [1.807, 2.05) is 0 Å². The predicted molar refractivity (Wildman–Crippen MR) is 168 cm³/mol. The van der Waals surface area contributed by atoms with Crippen molar-refractivity contribution in [3.63, 3.8) is 0 Å². The Morgan fingerprint density at radius 2 is 1.84 bits per heavy atom. The van der Waals surface area contributed by atoms with Crippen LogP contribution in [-0.4, -0.2) is 92.8 Å². The van der Waals surface area contributed by atoms with Gasteiger partial charge in [0, 0.05) is 73.9 Å². The van der Waals surface area contributed by atoms with Crippen LogP contribution in [0.15, 0.2) is 52.0 Å². The van der Waals surface area contributed by atoms with Crippen molar-refractivity contribution < 1.29 is 22.9 Å². The molecule has 3 aromatic rings. The molecule has 1 aliphatic heterocycles. The van der Waals surface area contributed by atoms with E-state index in [0.717, 1.165) is 26.2 Å². The fourth-order valence-corrected chi connectivity index (χ4v) is 5.60. The smallest absolute Gasteiger partial charge is 0.442 e. The Balaban J connectivity index is 1.61. The highest BCUT2D eigenvalue weighted by Gasteiger charge is 2.23. The van der Waals surface area contributed by atoms with Crippen molar-refractivity contribution in [2.75, 3.05) is 56.7 Å². The van der Waals surface area contributed by atoms with E-state index in [9.17, 15) is 18.2 Å². The molecule has 1 fully saturated rings. The number of nitrogens with zero attached hydrogens (tertiary/aromatic N) is 6. The lowest BCUT2D eigenvalue weighted by atomic mass is 10.1. The second-order valence-corrected chi connectivity index (χ2v) is 14.1. The van der Waals surface area contributed by atoms with Crippen LogP contribution in [0.25, 0.3) is 11.3 Å². The van der Waals surface area contributed by atoms with Gasteiger partial charge in [0.2, 0.25) is 5.91 Å². The summed E-state index contributed by atoms with van der Waals surface area (Å²) in [4.78, 5) is 33.8. The van der Waals surface area contributed by atoms with Crippen molar-refractivity contribution in [1.29, 1.82) is 0 Å². The number of pyridine rings is 1. The molecule has 4 rings (SSSR count). The molecule has 1 unspecified atom stereocenters. The number of likely N-dealkylation sites (N-methyl/N-ethyl adjacent to an activating group) is 1. The average Bonchev–Trinajstić information content (AvgIpc) is 2.93. The van der Waals surface area contributed by atoms with Crippen LogP contribution in [0.4, 0.5) is 26.4 Å². The Hall–Kier alpha value is -3.72. The number of carbonyl (C=O) groups excluding carboxylic acids is 2. The number of carbonyl (C=O) groups is 2. The van der Waals surface area contributed by atoms with E-state index in [2.05, 4.69) is 47.0 Å². The van der Waals surface area contributed by atoms with Crippen molar-refractivity contribution in [3.05, 3.63) is 53.4 Å². The first-order valence-electron chi connectivity index (χ1n) is 13.9. The third kappa shape index (κ3) is 9.39. The molecule has 0 radical (unpaired) electrons. The minimum Gasteiger partial charge on any atom is -0.442 e. The maximum absolute atomic E-state index is 14.7. The van der Waals surface area contributed by atoms with Crippen molar-refractivity contribution in [1.82, 2.24) is 25.0 Å². The van der Waals surface area contributed by atoms with Crippen LogP contribution in [0.1, 0.15) is 27.2 Å². The molecule has 2 N–H and O–H groups in total. The Kier molecular flexibility index (Phi) is 10.5. The number of halogens is 2. The Morgan fingerprint density at radius 3 is 2.55 bits per heavy atom. The number of anilines is 3. The highest BCUT2D eigenvalue weighted by molar-refractivity contribution is 7.93. The molecule has 3 heterocycles. The van der Waals surface area contributed by atoms with E-state index in [1.165, 1.54) is 36.7 Å². The number of benzene rings is 1. The molecule has 0 bridgehead atoms. The molecule has 1 atom stereocenters. The minimum atomic E-state index is -3.50. The number of amides is 2. The zero-order chi connectivity index (χ0) is 32.1. The molecule has 44 heavy (non-hydrogen) atoms. The van der Waals surface area contributed by atoms with Crippen LogP contribution in [0.5, 0.6) is 0 Å². The molecule has 0 aliphatic carbocycles. The maximum atomic E-state index is 14.7. The van der Waals surface area contributed by atoms with Gasteiger partial charge in [-0.15, -0.1) is 14.6 Å². The van der Waals surface area contributed by atoms with Gasteiger partial charge in [-0.05, 0) is 58.2 Å². The minimum absolute atomic E-state index is 0.0642. The fraction of sp³-hybridized carbons (Fsp3) is 0.414. The van der Waals surface area contributed by atoms with Crippen molar-refractivity contribution in [2.45, 2.75) is 37.8 Å². The fourth-order valence-electron chi connectivity index (χ4n) is 4.31. The van der Waals surface area contributed by atoms with Gasteiger partial charge in [0.15, 0.2) is 5.03 Å². The summed E-state index contributed by atoms with van der Waals surface area (Å²) in [6, 6.07) is 8.62. The van der Waals surface area contributed by atoms with Crippen LogP contribution >= 0.6 is 11.6 Å². The van der Waals surface area contributed by atoms with Crippen LogP contribution < -0.4 is 10.6 Å². The maximum Gasteiger partial charge on any atom is 0.442 e. The normalized spacial score (nSPS) is 15.7. The first kappa shape index (κ1) is 33.2. The Labute approximate surface area is 261 Å². The molecule has 12 nitrogen and oxygen atoms in total. The summed E-state index contributed by atoms with van der Waals surface area (Å²) in [5, 5.41) is 14.2. The lowest BCUT2D eigenvalue weighted by Gasteiger charge is -2.32. The molecular formula is C29H36ClFN8O4S. The van der Waals surface area contributed by atoms with Gasteiger partial charge in [-0.2, -0.15) is 0 Å². The number of rotatable bonds is 8. The van der Waals surface area contributed by atoms with E-state index in [0.29, 0.717) is 24.5 Å². The van der Waals surface area contributed by atoms with E-state index >= 15 is 0 Å². The number of nitrogens with one attached hydrogen (secondary N) is 2. The molecule has 0 saturated carbocycles. The molecule has 2 amide bonds. The zero-order valence-corrected chi connectivity index (χ0v) is 26.8. The summed E-state index contributed by atoms with van der Waals surface area (Å²) in [5.74, 6) is -0.492. The van der Waals surface area contributed by atoms with Gasteiger partial charge in [-0.25, -0.2) is 18.4 Å². The van der Waals surface area contributed by atoms with Crippen molar-refractivity contribution in [3.8, 4) is 11.3 Å². The van der Waals surface area contributed by atoms with E-state index < -0.39 is 27.2 Å².